The quantitative estimate of drug-likeness (QED) is 0.184. The van der Waals surface area contributed by atoms with Gasteiger partial charge in [0.1, 0.15) is 12.6 Å². The lowest BCUT2D eigenvalue weighted by atomic mass is 9.98. The zero-order chi connectivity index (χ0) is 36.0. The molecule has 11 nitrogen and oxygen atoms in total. The number of benzene rings is 4. The summed E-state index contributed by atoms with van der Waals surface area (Å²) in [6.45, 7) is 2.23. The van der Waals surface area contributed by atoms with Gasteiger partial charge in [-0.15, -0.1) is 0 Å². The fourth-order valence-electron chi connectivity index (χ4n) is 7.06. The second-order valence-electron chi connectivity index (χ2n) is 13.7. The first-order valence-corrected chi connectivity index (χ1v) is 17.7. The number of carbonyl (C=O) groups is 3. The van der Waals surface area contributed by atoms with Crippen LogP contribution in [-0.2, 0) is 43.6 Å². The lowest BCUT2D eigenvalue weighted by Gasteiger charge is -2.38. The van der Waals surface area contributed by atoms with Crippen LogP contribution in [0.5, 0.6) is 0 Å². The van der Waals surface area contributed by atoms with E-state index in [1.54, 1.807) is 0 Å². The molecule has 3 fully saturated rings. The minimum atomic E-state index is -0.984. The maximum atomic E-state index is 13.2. The molecule has 3 saturated heterocycles. The van der Waals surface area contributed by atoms with E-state index in [-0.39, 0.29) is 50.4 Å². The van der Waals surface area contributed by atoms with Gasteiger partial charge >= 0.3 is 6.09 Å². The maximum Gasteiger partial charge on any atom is 0.408 e. The molecule has 3 aliphatic heterocycles. The highest BCUT2D eigenvalue weighted by Gasteiger charge is 2.40. The SMILES string of the molecule is O=C(NC1CC(=O)N(Cc2cccc(-c3cccc([C@H]4O[C@@H](CN5CC[C@H](O)C5)C[C@@H](c5ccc(CO)cc5)O4)c3)c2)C1=O)OCc1ccccc1. The topological polar surface area (TPSA) is 138 Å². The summed E-state index contributed by atoms with van der Waals surface area (Å²) in [7, 11) is 0. The molecule has 0 bridgehead atoms. The number of hydrogen-bond acceptors (Lipinski definition) is 9. The van der Waals surface area contributed by atoms with E-state index in [0.29, 0.717) is 19.5 Å². The van der Waals surface area contributed by atoms with Crippen LogP contribution < -0.4 is 5.32 Å². The van der Waals surface area contributed by atoms with E-state index in [1.165, 1.54) is 4.90 Å². The van der Waals surface area contributed by atoms with Gasteiger partial charge in [-0.05, 0) is 51.9 Å². The second kappa shape index (κ2) is 16.2. The number of aliphatic hydroxyl groups excluding tert-OH is 2. The van der Waals surface area contributed by atoms with Crippen molar-refractivity contribution in [1.29, 1.82) is 0 Å². The van der Waals surface area contributed by atoms with Crippen molar-refractivity contribution in [1.82, 2.24) is 15.1 Å². The summed E-state index contributed by atoms with van der Waals surface area (Å²) in [6, 6.07) is 31.6. The molecular weight excluding hydrogens is 662 g/mol. The Morgan fingerprint density at radius 2 is 1.60 bits per heavy atom. The molecule has 4 aromatic rings. The average molecular weight is 706 g/mol. The first kappa shape index (κ1) is 35.5. The standard InChI is InChI=1S/C41H43N3O8/c45-25-27-12-14-30(15-13-27)37-20-35(24-43-17-16-34(46)23-43)51-40(52-37)33-11-5-10-32(19-33)31-9-4-8-29(18-31)22-44-38(47)21-36(39(44)48)42-41(49)50-26-28-6-2-1-3-7-28/h1-15,18-19,34-37,40,45-46H,16-17,20-26H2,(H,42,49)/t34-,35+,36?,37-,40-/m0/s1. The summed E-state index contributed by atoms with van der Waals surface area (Å²) in [5, 5.41) is 22.2. The predicted octanol–water partition coefficient (Wildman–Crippen LogP) is 5.01. The molecule has 52 heavy (non-hydrogen) atoms. The Bertz CT molecular complexity index is 1870. The van der Waals surface area contributed by atoms with Crippen LogP contribution in [-0.4, -0.2) is 75.8 Å². The van der Waals surface area contributed by atoms with E-state index < -0.39 is 24.3 Å². The summed E-state index contributed by atoms with van der Waals surface area (Å²) in [4.78, 5) is 41.9. The van der Waals surface area contributed by atoms with Gasteiger partial charge in [0, 0.05) is 31.6 Å². The number of hydrogen-bond donors (Lipinski definition) is 3. The Morgan fingerprint density at radius 3 is 2.35 bits per heavy atom. The monoisotopic (exact) mass is 705 g/mol. The molecule has 3 N–H and O–H groups in total. The van der Waals surface area contributed by atoms with E-state index >= 15 is 0 Å². The van der Waals surface area contributed by atoms with Crippen LogP contribution in [0.4, 0.5) is 4.79 Å². The van der Waals surface area contributed by atoms with Gasteiger partial charge in [0.2, 0.25) is 5.91 Å². The van der Waals surface area contributed by atoms with Crippen LogP contribution in [0.3, 0.4) is 0 Å². The number of alkyl carbamates (subject to hydrolysis) is 1. The minimum Gasteiger partial charge on any atom is -0.445 e. The van der Waals surface area contributed by atoms with Crippen molar-refractivity contribution >= 4 is 17.9 Å². The van der Waals surface area contributed by atoms with Crippen LogP contribution in [0.1, 0.15) is 59.5 Å². The highest BCUT2D eigenvalue weighted by molar-refractivity contribution is 6.06. The van der Waals surface area contributed by atoms with Crippen LogP contribution in [0, 0.1) is 0 Å². The number of likely N-dealkylation sites (tertiary alicyclic amines) is 2. The van der Waals surface area contributed by atoms with Gasteiger partial charge in [0.25, 0.3) is 5.91 Å². The summed E-state index contributed by atoms with van der Waals surface area (Å²) in [5.41, 5.74) is 6.08. The van der Waals surface area contributed by atoms with Crippen molar-refractivity contribution < 1.29 is 38.8 Å². The minimum absolute atomic E-state index is 0.0279. The van der Waals surface area contributed by atoms with Gasteiger partial charge in [-0.3, -0.25) is 19.4 Å². The molecule has 0 spiro atoms. The number of nitrogens with one attached hydrogen (secondary N) is 1. The third-order valence-electron chi connectivity index (χ3n) is 9.83. The van der Waals surface area contributed by atoms with Gasteiger partial charge in [-0.1, -0.05) is 91.0 Å². The van der Waals surface area contributed by atoms with Gasteiger partial charge in [0.15, 0.2) is 6.29 Å². The van der Waals surface area contributed by atoms with Gasteiger partial charge in [-0.25, -0.2) is 4.79 Å². The van der Waals surface area contributed by atoms with E-state index in [1.807, 2.05) is 103 Å². The number of β-amino-alcohol motifs (C(OH)–C–C–N with tert-alkyl or cyclic N) is 1. The number of amides is 3. The molecule has 270 valence electrons. The van der Waals surface area contributed by atoms with Crippen LogP contribution >= 0.6 is 0 Å². The Balaban J connectivity index is 1.03. The van der Waals surface area contributed by atoms with Crippen molar-refractivity contribution in [3.8, 4) is 11.1 Å². The zero-order valence-corrected chi connectivity index (χ0v) is 28.8. The number of ether oxygens (including phenoxy) is 3. The number of imide groups is 1. The van der Waals surface area contributed by atoms with Crippen LogP contribution in [0.15, 0.2) is 103 Å². The summed E-state index contributed by atoms with van der Waals surface area (Å²) < 4.78 is 18.4. The summed E-state index contributed by atoms with van der Waals surface area (Å²) >= 11 is 0. The molecule has 3 heterocycles. The molecule has 5 atom stereocenters. The van der Waals surface area contributed by atoms with Gasteiger partial charge in [-0.2, -0.15) is 0 Å². The van der Waals surface area contributed by atoms with Crippen molar-refractivity contribution in [2.45, 2.75) is 69.7 Å². The zero-order valence-electron chi connectivity index (χ0n) is 28.8. The Hall–Kier alpha value is -4.91. The van der Waals surface area contributed by atoms with Crippen LogP contribution in [0.25, 0.3) is 11.1 Å². The molecule has 0 radical (unpaired) electrons. The molecule has 7 rings (SSSR count). The summed E-state index contributed by atoms with van der Waals surface area (Å²) in [5.74, 6) is -0.838. The van der Waals surface area contributed by atoms with Gasteiger partial charge in [0.05, 0.1) is 37.9 Å². The van der Waals surface area contributed by atoms with E-state index in [9.17, 15) is 24.6 Å². The molecular formula is C41H43N3O8. The highest BCUT2D eigenvalue weighted by Crippen LogP contribution is 2.39. The van der Waals surface area contributed by atoms with Crippen LogP contribution in [0.2, 0.25) is 0 Å². The smallest absolute Gasteiger partial charge is 0.408 e. The molecule has 11 heteroatoms. The fourth-order valence-corrected chi connectivity index (χ4v) is 7.06. The Morgan fingerprint density at radius 1 is 0.846 bits per heavy atom. The average Bonchev–Trinajstić information content (AvgIpc) is 3.70. The summed E-state index contributed by atoms with van der Waals surface area (Å²) in [6.07, 6.45) is -0.789. The predicted molar refractivity (Wildman–Crippen MR) is 191 cm³/mol. The molecule has 1 unspecified atom stereocenters. The van der Waals surface area contributed by atoms with Crippen molar-refractivity contribution in [3.63, 3.8) is 0 Å². The van der Waals surface area contributed by atoms with E-state index in [2.05, 4.69) is 10.2 Å². The first-order chi connectivity index (χ1) is 25.3. The van der Waals surface area contributed by atoms with Crippen molar-refractivity contribution in [2.75, 3.05) is 19.6 Å². The number of rotatable bonds is 11. The largest absolute Gasteiger partial charge is 0.445 e. The van der Waals surface area contributed by atoms with E-state index in [0.717, 1.165) is 51.9 Å². The maximum absolute atomic E-state index is 13.2. The lowest BCUT2D eigenvalue weighted by molar-refractivity contribution is -0.252. The van der Waals surface area contributed by atoms with Gasteiger partial charge < -0.3 is 29.7 Å². The Kier molecular flexibility index (Phi) is 11.0. The molecule has 4 aromatic carbocycles. The third-order valence-corrected chi connectivity index (χ3v) is 9.83. The highest BCUT2D eigenvalue weighted by atomic mass is 16.7. The molecule has 0 aliphatic carbocycles. The lowest BCUT2D eigenvalue weighted by Crippen LogP contribution is -2.41. The number of carbonyl (C=O) groups excluding carboxylic acids is 3. The van der Waals surface area contributed by atoms with E-state index in [4.69, 9.17) is 14.2 Å². The second-order valence-corrected chi connectivity index (χ2v) is 13.7. The number of nitrogens with zero attached hydrogens (tertiary/aromatic N) is 2. The van der Waals surface area contributed by atoms with Crippen molar-refractivity contribution in [2.24, 2.45) is 0 Å². The molecule has 0 saturated carbocycles. The molecule has 3 aliphatic rings. The molecule has 0 aromatic heterocycles. The normalized spacial score (nSPS) is 23.6. The fraction of sp³-hybridized carbons (Fsp3) is 0.341. The van der Waals surface area contributed by atoms with Crippen molar-refractivity contribution in [3.05, 3.63) is 131 Å². The third kappa shape index (κ3) is 8.58. The molecule has 3 amide bonds. The number of aliphatic hydroxyl groups is 2. The first-order valence-electron chi connectivity index (χ1n) is 17.7. The Labute approximate surface area is 302 Å².